The molecular weight excluding hydrogens is 338 g/mol. The average Bonchev–Trinajstić information content (AvgIpc) is 3.26. The summed E-state index contributed by atoms with van der Waals surface area (Å²) in [4.78, 5) is 12.3. The molecule has 0 radical (unpaired) electrons. The van der Waals surface area contributed by atoms with E-state index in [-0.39, 0.29) is 6.54 Å². The first-order chi connectivity index (χ1) is 12.0. The van der Waals surface area contributed by atoms with Gasteiger partial charge in [-0.3, -0.25) is 0 Å². The van der Waals surface area contributed by atoms with Gasteiger partial charge in [0.1, 0.15) is 17.0 Å². The predicted molar refractivity (Wildman–Crippen MR) is 97.6 cm³/mol. The van der Waals surface area contributed by atoms with E-state index in [0.29, 0.717) is 17.1 Å². The lowest BCUT2D eigenvalue weighted by molar-refractivity contribution is 0.0604. The van der Waals surface area contributed by atoms with Crippen LogP contribution < -0.4 is 10.6 Å². The van der Waals surface area contributed by atoms with E-state index in [1.165, 1.54) is 11.3 Å². The summed E-state index contributed by atoms with van der Waals surface area (Å²) in [6.45, 7) is 3.50. The molecule has 7 heteroatoms. The Kier molecular flexibility index (Phi) is 4.87. The van der Waals surface area contributed by atoms with E-state index in [1.54, 1.807) is 13.8 Å². The van der Waals surface area contributed by atoms with E-state index in [0.717, 1.165) is 11.1 Å². The monoisotopic (exact) mass is 357 g/mol. The van der Waals surface area contributed by atoms with E-state index < -0.39 is 11.6 Å². The number of thiophene rings is 1. The third-order valence-electron chi connectivity index (χ3n) is 3.87. The minimum Gasteiger partial charge on any atom is -0.384 e. The van der Waals surface area contributed by atoms with Gasteiger partial charge in [0.2, 0.25) is 0 Å². The van der Waals surface area contributed by atoms with Crippen molar-refractivity contribution < 1.29 is 14.4 Å². The predicted octanol–water partition coefficient (Wildman–Crippen LogP) is 3.74. The molecule has 0 aliphatic heterocycles. The van der Waals surface area contributed by atoms with E-state index in [1.807, 2.05) is 47.2 Å². The highest BCUT2D eigenvalue weighted by molar-refractivity contribution is 7.08. The lowest BCUT2D eigenvalue weighted by atomic mass is 9.99. The Bertz CT molecular complexity index is 842. The molecule has 3 N–H and O–H groups in total. The van der Waals surface area contributed by atoms with Gasteiger partial charge >= 0.3 is 6.03 Å². The minimum atomic E-state index is -1.14. The van der Waals surface area contributed by atoms with Crippen LogP contribution in [0.2, 0.25) is 0 Å². The Morgan fingerprint density at radius 2 is 2.08 bits per heavy atom. The molecule has 25 heavy (non-hydrogen) atoms. The van der Waals surface area contributed by atoms with Crippen molar-refractivity contribution in [3.8, 4) is 11.3 Å². The smallest absolute Gasteiger partial charge is 0.319 e. The number of hydrogen-bond donors (Lipinski definition) is 3. The zero-order chi connectivity index (χ0) is 17.9. The maximum absolute atomic E-state index is 12.3. The molecule has 3 aromatic rings. The van der Waals surface area contributed by atoms with Gasteiger partial charge < -0.3 is 20.3 Å². The summed E-state index contributed by atoms with van der Waals surface area (Å²) in [7, 11) is 0. The molecule has 2 aromatic heterocycles. The summed E-state index contributed by atoms with van der Waals surface area (Å²) in [5.41, 5.74) is 1.55. The van der Waals surface area contributed by atoms with Crippen molar-refractivity contribution in [1.29, 1.82) is 0 Å². The second-order valence-electron chi connectivity index (χ2n) is 5.93. The Labute approximate surface area is 149 Å². The molecule has 0 aliphatic rings. The van der Waals surface area contributed by atoms with Crippen molar-refractivity contribution in [2.75, 3.05) is 11.9 Å². The van der Waals surface area contributed by atoms with Gasteiger partial charge in [0.15, 0.2) is 5.76 Å². The molecule has 3 rings (SSSR count). The lowest BCUT2D eigenvalue weighted by Gasteiger charge is -2.22. The van der Waals surface area contributed by atoms with Crippen LogP contribution in [-0.4, -0.2) is 22.8 Å². The third kappa shape index (κ3) is 3.89. The molecule has 0 saturated carbocycles. The van der Waals surface area contributed by atoms with Crippen LogP contribution >= 0.6 is 11.3 Å². The first-order valence-electron chi connectivity index (χ1n) is 7.79. The number of rotatable bonds is 5. The van der Waals surface area contributed by atoms with Crippen molar-refractivity contribution in [3.63, 3.8) is 0 Å². The number of nitrogens with one attached hydrogen (secondary N) is 2. The van der Waals surface area contributed by atoms with Crippen LogP contribution in [0.4, 0.5) is 10.5 Å². The molecule has 0 bridgehead atoms. The van der Waals surface area contributed by atoms with Gasteiger partial charge in [-0.15, -0.1) is 0 Å². The largest absolute Gasteiger partial charge is 0.384 e. The number of urea groups is 1. The Balaban J connectivity index is 1.69. The first-order valence-corrected chi connectivity index (χ1v) is 8.73. The van der Waals surface area contributed by atoms with E-state index in [2.05, 4.69) is 15.8 Å². The number of aromatic nitrogens is 1. The quantitative estimate of drug-likeness (QED) is 0.649. The number of carbonyl (C=O) groups is 1. The van der Waals surface area contributed by atoms with Crippen LogP contribution in [0, 0.1) is 6.92 Å². The second-order valence-corrected chi connectivity index (χ2v) is 6.71. The van der Waals surface area contributed by atoms with E-state index in [4.69, 9.17) is 4.52 Å². The first kappa shape index (κ1) is 17.2. The molecule has 0 fully saturated rings. The number of aliphatic hydroxyl groups is 1. The Hall–Kier alpha value is -2.64. The van der Waals surface area contributed by atoms with Crippen molar-refractivity contribution in [3.05, 3.63) is 58.4 Å². The number of nitrogens with zero attached hydrogens (tertiary/aromatic N) is 1. The highest BCUT2D eigenvalue weighted by Gasteiger charge is 2.25. The van der Waals surface area contributed by atoms with Gasteiger partial charge in [-0.05, 0) is 36.2 Å². The van der Waals surface area contributed by atoms with Crippen LogP contribution in [0.1, 0.15) is 18.2 Å². The molecule has 1 aromatic carbocycles. The third-order valence-corrected chi connectivity index (χ3v) is 4.56. The standard InChI is InChI=1S/C18H19N3O3S/c1-12-15(16(24-21-12)13-6-4-3-5-7-13)20-17(22)19-11-18(2,23)14-8-9-25-10-14/h3-10,23H,11H2,1-2H3,(H2,19,20,22). The highest BCUT2D eigenvalue weighted by atomic mass is 32.1. The molecule has 0 saturated heterocycles. The highest BCUT2D eigenvalue weighted by Crippen LogP contribution is 2.30. The van der Waals surface area contributed by atoms with Crippen molar-refractivity contribution in [2.24, 2.45) is 0 Å². The molecule has 0 aliphatic carbocycles. The molecule has 2 amide bonds. The fourth-order valence-corrected chi connectivity index (χ4v) is 3.17. The van der Waals surface area contributed by atoms with Crippen LogP contribution in [0.25, 0.3) is 11.3 Å². The zero-order valence-corrected chi connectivity index (χ0v) is 14.8. The summed E-state index contributed by atoms with van der Waals surface area (Å²) in [5, 5.41) is 23.6. The fourth-order valence-electron chi connectivity index (χ4n) is 2.39. The van der Waals surface area contributed by atoms with Gasteiger partial charge in [-0.2, -0.15) is 11.3 Å². The summed E-state index contributed by atoms with van der Waals surface area (Å²) in [5.74, 6) is 0.498. The number of hydrogen-bond acceptors (Lipinski definition) is 5. The molecule has 0 spiro atoms. The van der Waals surface area contributed by atoms with Gasteiger partial charge in [-0.25, -0.2) is 4.79 Å². The van der Waals surface area contributed by atoms with E-state index >= 15 is 0 Å². The normalized spacial score (nSPS) is 13.2. The van der Waals surface area contributed by atoms with Gasteiger partial charge in [-0.1, -0.05) is 35.5 Å². The van der Waals surface area contributed by atoms with Gasteiger partial charge in [0.25, 0.3) is 0 Å². The molecule has 6 nitrogen and oxygen atoms in total. The van der Waals surface area contributed by atoms with Gasteiger partial charge in [0.05, 0.1) is 6.54 Å². The summed E-state index contributed by atoms with van der Waals surface area (Å²) in [6.07, 6.45) is 0. The van der Waals surface area contributed by atoms with Crippen LogP contribution in [0.3, 0.4) is 0 Å². The van der Waals surface area contributed by atoms with Crippen molar-refractivity contribution in [2.45, 2.75) is 19.4 Å². The summed E-state index contributed by atoms with van der Waals surface area (Å²) >= 11 is 1.50. The number of anilines is 1. The Morgan fingerprint density at radius 1 is 1.32 bits per heavy atom. The molecule has 1 atom stereocenters. The fraction of sp³-hybridized carbons (Fsp3) is 0.222. The summed E-state index contributed by atoms with van der Waals surface area (Å²) in [6, 6.07) is 10.8. The number of amides is 2. The lowest BCUT2D eigenvalue weighted by Crippen LogP contribution is -2.40. The average molecular weight is 357 g/mol. The molecule has 2 heterocycles. The van der Waals surface area contributed by atoms with Crippen molar-refractivity contribution in [1.82, 2.24) is 10.5 Å². The maximum Gasteiger partial charge on any atom is 0.319 e. The van der Waals surface area contributed by atoms with Crippen molar-refractivity contribution >= 4 is 23.1 Å². The zero-order valence-electron chi connectivity index (χ0n) is 13.9. The topological polar surface area (TPSA) is 87.4 Å². The molecular formula is C18H19N3O3S. The molecule has 1 unspecified atom stereocenters. The number of benzene rings is 1. The number of aryl methyl sites for hydroxylation is 1. The minimum absolute atomic E-state index is 0.0839. The second kappa shape index (κ2) is 7.08. The maximum atomic E-state index is 12.3. The SMILES string of the molecule is Cc1noc(-c2ccccc2)c1NC(=O)NCC(C)(O)c1ccsc1. The van der Waals surface area contributed by atoms with Crippen LogP contribution in [0.5, 0.6) is 0 Å². The Morgan fingerprint density at radius 3 is 2.76 bits per heavy atom. The van der Waals surface area contributed by atoms with E-state index in [9.17, 15) is 9.90 Å². The van der Waals surface area contributed by atoms with Crippen LogP contribution in [0.15, 0.2) is 51.7 Å². The molecule has 130 valence electrons. The summed E-state index contributed by atoms with van der Waals surface area (Å²) < 4.78 is 5.35. The number of carbonyl (C=O) groups excluding carboxylic acids is 1. The van der Waals surface area contributed by atoms with Gasteiger partial charge in [0, 0.05) is 5.56 Å². The van der Waals surface area contributed by atoms with Crippen LogP contribution in [-0.2, 0) is 5.60 Å².